The predicted molar refractivity (Wildman–Crippen MR) is 139 cm³/mol. The summed E-state index contributed by atoms with van der Waals surface area (Å²) in [5.74, 6) is -0.643. The number of nitrogens with one attached hydrogen (secondary N) is 1. The number of rotatable bonds is 7. The molecule has 0 bridgehead atoms. The largest absolute Gasteiger partial charge is 0.507 e. The van der Waals surface area contributed by atoms with Crippen LogP contribution >= 0.6 is 11.6 Å². The first-order valence-corrected chi connectivity index (χ1v) is 11.7. The highest BCUT2D eigenvalue weighted by Crippen LogP contribution is 2.37. The van der Waals surface area contributed by atoms with Crippen molar-refractivity contribution in [1.82, 2.24) is 4.57 Å². The smallest absolute Gasteiger partial charge is 0.338 e. The van der Waals surface area contributed by atoms with Crippen molar-refractivity contribution in [2.45, 2.75) is 45.8 Å². The number of aromatic nitrogens is 1. The molecule has 1 aromatic heterocycles. The number of esters is 1. The van der Waals surface area contributed by atoms with Crippen LogP contribution in [0.15, 0.2) is 59.5 Å². The Bertz CT molecular complexity index is 1330. The fraction of sp³-hybridized carbons (Fsp3) is 0.296. The first-order valence-electron chi connectivity index (χ1n) is 11.4. The monoisotopic (exact) mass is 512 g/mol. The van der Waals surface area contributed by atoms with E-state index in [9.17, 15) is 19.5 Å². The minimum atomic E-state index is -0.834. The topological polar surface area (TPSA) is 107 Å². The minimum absolute atomic E-state index is 0.0607. The van der Waals surface area contributed by atoms with E-state index in [0.717, 1.165) is 0 Å². The van der Waals surface area contributed by atoms with Crippen LogP contribution < -0.4 is 15.6 Å². The summed E-state index contributed by atoms with van der Waals surface area (Å²) in [6, 6.07) is 11.3. The van der Waals surface area contributed by atoms with E-state index in [1.54, 1.807) is 52.0 Å². The van der Waals surface area contributed by atoms with E-state index in [-0.39, 0.29) is 5.75 Å². The van der Waals surface area contributed by atoms with Gasteiger partial charge in [0.2, 0.25) is 5.91 Å². The van der Waals surface area contributed by atoms with Crippen molar-refractivity contribution < 1.29 is 24.2 Å². The van der Waals surface area contributed by atoms with Crippen LogP contribution in [-0.4, -0.2) is 34.3 Å². The van der Waals surface area contributed by atoms with Crippen LogP contribution in [0.5, 0.6) is 11.5 Å². The summed E-state index contributed by atoms with van der Waals surface area (Å²) >= 11 is 6.07. The van der Waals surface area contributed by atoms with Crippen LogP contribution in [0.25, 0.3) is 11.1 Å². The number of carbonyl (C=O) groups excluding carboxylic acids is 2. The van der Waals surface area contributed by atoms with Gasteiger partial charge < -0.3 is 19.9 Å². The molecule has 3 rings (SSSR count). The Morgan fingerprint density at radius 2 is 1.75 bits per heavy atom. The summed E-state index contributed by atoms with van der Waals surface area (Å²) in [7, 11) is 1.43. The van der Waals surface area contributed by atoms with Gasteiger partial charge in [0.1, 0.15) is 23.1 Å². The molecule has 36 heavy (non-hydrogen) atoms. The lowest BCUT2D eigenvalue weighted by Crippen LogP contribution is -2.32. The Hall–Kier alpha value is -3.78. The first kappa shape index (κ1) is 26.8. The van der Waals surface area contributed by atoms with Crippen LogP contribution in [-0.2, 0) is 9.53 Å². The zero-order valence-electron chi connectivity index (χ0n) is 20.8. The highest BCUT2D eigenvalue weighted by Gasteiger charge is 2.23. The number of phenols is 1. The van der Waals surface area contributed by atoms with Crippen molar-refractivity contribution in [3.63, 3.8) is 0 Å². The summed E-state index contributed by atoms with van der Waals surface area (Å²) < 4.78 is 12.1. The summed E-state index contributed by atoms with van der Waals surface area (Å²) in [5, 5.41) is 13.4. The van der Waals surface area contributed by atoms with E-state index < -0.39 is 29.1 Å². The highest BCUT2D eigenvalue weighted by atomic mass is 35.5. The number of pyridine rings is 1. The first-order chi connectivity index (χ1) is 16.9. The number of amides is 1. The van der Waals surface area contributed by atoms with E-state index in [1.807, 2.05) is 0 Å². The van der Waals surface area contributed by atoms with Gasteiger partial charge in [0, 0.05) is 27.9 Å². The number of hydrogen-bond donors (Lipinski definition) is 2. The maximum atomic E-state index is 13.1. The van der Waals surface area contributed by atoms with E-state index in [4.69, 9.17) is 21.1 Å². The lowest BCUT2D eigenvalue weighted by molar-refractivity contribution is -0.119. The molecule has 0 fully saturated rings. The molecule has 1 amide bonds. The lowest BCUT2D eigenvalue weighted by atomic mass is 10.0. The standard InChI is InChI=1S/C27H29ClN2O6/c1-6-21(25(33)29-18-10-7-16(8-11-18)26(34)36-27(2,3)4)30-15-23(35-5)20(14-24(30)32)19-13-17(28)9-12-22(19)31/h7-15,21,31H,6H2,1-5H3,(H,29,33). The van der Waals surface area contributed by atoms with Crippen molar-refractivity contribution in [1.29, 1.82) is 0 Å². The quantitative estimate of drug-likeness (QED) is 0.409. The van der Waals surface area contributed by atoms with Crippen molar-refractivity contribution in [3.8, 4) is 22.6 Å². The molecule has 190 valence electrons. The van der Waals surface area contributed by atoms with Gasteiger partial charge >= 0.3 is 5.97 Å². The summed E-state index contributed by atoms with van der Waals surface area (Å²) in [6.45, 7) is 7.13. The van der Waals surface area contributed by atoms with Crippen LogP contribution in [0.2, 0.25) is 5.02 Å². The second kappa shape index (κ2) is 10.9. The van der Waals surface area contributed by atoms with Crippen molar-refractivity contribution >= 4 is 29.2 Å². The number of hydrogen-bond acceptors (Lipinski definition) is 6. The Morgan fingerprint density at radius 3 is 2.33 bits per heavy atom. The van der Waals surface area contributed by atoms with Crippen LogP contribution in [0.4, 0.5) is 5.69 Å². The van der Waals surface area contributed by atoms with E-state index >= 15 is 0 Å². The SMILES string of the molecule is CCC(C(=O)Nc1ccc(C(=O)OC(C)(C)C)cc1)n1cc(OC)c(-c2cc(Cl)ccc2O)cc1=O. The van der Waals surface area contributed by atoms with Gasteiger partial charge in [-0.05, 0) is 69.7 Å². The molecule has 8 nitrogen and oxygen atoms in total. The van der Waals surface area contributed by atoms with Crippen molar-refractivity contribution in [3.05, 3.63) is 75.7 Å². The van der Waals surface area contributed by atoms with Gasteiger partial charge in [0.05, 0.1) is 18.9 Å². The Morgan fingerprint density at radius 1 is 1.08 bits per heavy atom. The highest BCUT2D eigenvalue weighted by molar-refractivity contribution is 6.31. The molecule has 9 heteroatoms. The van der Waals surface area contributed by atoms with E-state index in [0.29, 0.717) is 39.6 Å². The normalized spacial score (nSPS) is 12.1. The Kier molecular flexibility index (Phi) is 8.10. The molecule has 0 aliphatic rings. The molecular formula is C27H29ClN2O6. The molecule has 1 unspecified atom stereocenters. The van der Waals surface area contributed by atoms with Gasteiger partial charge in [-0.3, -0.25) is 14.2 Å². The van der Waals surface area contributed by atoms with E-state index in [1.165, 1.54) is 42.1 Å². The molecular weight excluding hydrogens is 484 g/mol. The third kappa shape index (κ3) is 6.26. The maximum absolute atomic E-state index is 13.1. The van der Waals surface area contributed by atoms with Gasteiger partial charge in [0.25, 0.3) is 5.56 Å². The fourth-order valence-electron chi connectivity index (χ4n) is 3.63. The molecule has 0 radical (unpaired) electrons. The van der Waals surface area contributed by atoms with Crippen molar-refractivity contribution in [2.24, 2.45) is 0 Å². The van der Waals surface area contributed by atoms with E-state index in [2.05, 4.69) is 5.32 Å². The number of phenolic OH excluding ortho intramolecular Hbond substituents is 1. The van der Waals surface area contributed by atoms with Gasteiger partial charge in [0.15, 0.2) is 0 Å². The molecule has 1 atom stereocenters. The number of anilines is 1. The second-order valence-corrected chi connectivity index (χ2v) is 9.59. The molecule has 0 aliphatic carbocycles. The zero-order valence-corrected chi connectivity index (χ0v) is 21.6. The van der Waals surface area contributed by atoms with Crippen LogP contribution in [0, 0.1) is 0 Å². The third-order valence-electron chi connectivity index (χ3n) is 5.32. The van der Waals surface area contributed by atoms with Crippen LogP contribution in [0.3, 0.4) is 0 Å². The summed E-state index contributed by atoms with van der Waals surface area (Å²) in [5.41, 5.74) is 0.445. The summed E-state index contributed by atoms with van der Waals surface area (Å²) in [6.07, 6.45) is 1.77. The minimum Gasteiger partial charge on any atom is -0.507 e. The third-order valence-corrected chi connectivity index (χ3v) is 5.56. The molecule has 3 aromatic rings. The van der Waals surface area contributed by atoms with Gasteiger partial charge in [-0.1, -0.05) is 18.5 Å². The maximum Gasteiger partial charge on any atom is 0.338 e. The number of benzene rings is 2. The number of ether oxygens (including phenoxy) is 2. The van der Waals surface area contributed by atoms with Gasteiger partial charge in [-0.25, -0.2) is 4.79 Å². The molecule has 0 saturated heterocycles. The van der Waals surface area contributed by atoms with Gasteiger partial charge in [-0.2, -0.15) is 0 Å². The molecule has 0 spiro atoms. The van der Waals surface area contributed by atoms with Crippen molar-refractivity contribution in [2.75, 3.05) is 12.4 Å². The Labute approximate surface area is 214 Å². The zero-order chi connectivity index (χ0) is 26.6. The molecule has 0 saturated carbocycles. The Balaban J connectivity index is 1.86. The lowest BCUT2D eigenvalue weighted by Gasteiger charge is -2.21. The second-order valence-electron chi connectivity index (χ2n) is 9.16. The summed E-state index contributed by atoms with van der Waals surface area (Å²) in [4.78, 5) is 38.3. The van der Waals surface area contributed by atoms with Crippen LogP contribution in [0.1, 0.15) is 50.5 Å². The number of halogens is 1. The number of carbonyl (C=O) groups is 2. The average Bonchev–Trinajstić information content (AvgIpc) is 2.81. The number of nitrogens with zero attached hydrogens (tertiary/aromatic N) is 1. The number of aromatic hydroxyl groups is 1. The van der Waals surface area contributed by atoms with Gasteiger partial charge in [-0.15, -0.1) is 0 Å². The average molecular weight is 513 g/mol. The molecule has 2 N–H and O–H groups in total. The molecule has 1 heterocycles. The molecule has 2 aromatic carbocycles. The fourth-order valence-corrected chi connectivity index (χ4v) is 3.80. The molecule has 0 aliphatic heterocycles. The number of methoxy groups -OCH3 is 1. The predicted octanol–water partition coefficient (Wildman–Crippen LogP) is 5.43.